The molecule has 0 saturated heterocycles. The number of nitrogens with two attached hydrogens (primary N) is 2. The van der Waals surface area contributed by atoms with Crippen LogP contribution in [-0.2, 0) is 6.42 Å². The number of nitrogens with zero attached hydrogens (tertiary/aromatic N) is 1. The SMILES string of the molecule is NC(=O)c1ccc(N)cc1OCCc1ccccn1. The van der Waals surface area contributed by atoms with Gasteiger partial charge in [-0.1, -0.05) is 6.07 Å². The fourth-order valence-corrected chi connectivity index (χ4v) is 1.67. The van der Waals surface area contributed by atoms with Crippen molar-refractivity contribution < 1.29 is 9.53 Å². The van der Waals surface area contributed by atoms with Crippen LogP contribution in [0.15, 0.2) is 42.6 Å². The van der Waals surface area contributed by atoms with Gasteiger partial charge in [-0.25, -0.2) is 0 Å². The van der Waals surface area contributed by atoms with Crippen molar-refractivity contribution in [2.24, 2.45) is 5.73 Å². The highest BCUT2D eigenvalue weighted by Crippen LogP contribution is 2.21. The highest BCUT2D eigenvalue weighted by molar-refractivity contribution is 5.96. The maximum absolute atomic E-state index is 11.3. The molecule has 0 spiro atoms. The number of amides is 1. The van der Waals surface area contributed by atoms with Gasteiger partial charge in [-0.3, -0.25) is 9.78 Å². The number of carbonyl (C=O) groups is 1. The third-order valence-corrected chi connectivity index (χ3v) is 2.61. The molecule has 5 nitrogen and oxygen atoms in total. The molecule has 2 rings (SSSR count). The summed E-state index contributed by atoms with van der Waals surface area (Å²) in [5.41, 5.74) is 12.7. The lowest BCUT2D eigenvalue weighted by Crippen LogP contribution is -2.14. The Bertz CT molecular complexity index is 570. The quantitative estimate of drug-likeness (QED) is 0.792. The summed E-state index contributed by atoms with van der Waals surface area (Å²) >= 11 is 0. The molecule has 5 heteroatoms. The Morgan fingerprint density at radius 2 is 2.11 bits per heavy atom. The summed E-state index contributed by atoms with van der Waals surface area (Å²) in [6.45, 7) is 0.404. The van der Waals surface area contributed by atoms with Crippen LogP contribution in [0.25, 0.3) is 0 Å². The lowest BCUT2D eigenvalue weighted by atomic mass is 10.1. The number of carbonyl (C=O) groups excluding carboxylic acids is 1. The number of anilines is 1. The van der Waals surface area contributed by atoms with E-state index in [1.165, 1.54) is 0 Å². The smallest absolute Gasteiger partial charge is 0.252 e. The van der Waals surface area contributed by atoms with E-state index in [1.54, 1.807) is 24.4 Å². The van der Waals surface area contributed by atoms with E-state index in [0.717, 1.165) is 5.69 Å². The van der Waals surface area contributed by atoms with Gasteiger partial charge in [0.05, 0.1) is 12.2 Å². The van der Waals surface area contributed by atoms with Gasteiger partial charge in [-0.05, 0) is 24.3 Å². The minimum absolute atomic E-state index is 0.329. The summed E-state index contributed by atoms with van der Waals surface area (Å²) < 4.78 is 5.56. The number of ether oxygens (including phenoxy) is 1. The minimum atomic E-state index is -0.534. The lowest BCUT2D eigenvalue weighted by molar-refractivity contribution is 0.0996. The van der Waals surface area contributed by atoms with Gasteiger partial charge in [0.1, 0.15) is 5.75 Å². The van der Waals surface area contributed by atoms with Crippen molar-refractivity contribution in [1.82, 2.24) is 4.98 Å². The summed E-state index contributed by atoms with van der Waals surface area (Å²) in [6.07, 6.45) is 2.37. The van der Waals surface area contributed by atoms with Crippen LogP contribution < -0.4 is 16.2 Å². The molecule has 4 N–H and O–H groups in total. The van der Waals surface area contributed by atoms with Gasteiger partial charge < -0.3 is 16.2 Å². The van der Waals surface area contributed by atoms with Gasteiger partial charge in [-0.15, -0.1) is 0 Å². The number of pyridine rings is 1. The molecular weight excluding hydrogens is 242 g/mol. The Balaban J connectivity index is 2.03. The zero-order chi connectivity index (χ0) is 13.7. The topological polar surface area (TPSA) is 91.2 Å². The summed E-state index contributed by atoms with van der Waals surface area (Å²) in [5.74, 6) is -0.128. The number of nitrogen functional groups attached to an aromatic ring is 1. The first-order chi connectivity index (χ1) is 9.16. The molecule has 19 heavy (non-hydrogen) atoms. The molecule has 1 aromatic carbocycles. The van der Waals surface area contributed by atoms with Crippen LogP contribution in [0.3, 0.4) is 0 Å². The second-order valence-corrected chi connectivity index (χ2v) is 4.04. The predicted octanol–water partition coefficient (Wildman–Crippen LogP) is 1.38. The summed E-state index contributed by atoms with van der Waals surface area (Å²) in [6, 6.07) is 10.5. The Morgan fingerprint density at radius 1 is 1.26 bits per heavy atom. The zero-order valence-corrected chi connectivity index (χ0v) is 10.4. The van der Waals surface area contributed by atoms with Crippen LogP contribution in [0.4, 0.5) is 5.69 Å². The molecule has 1 heterocycles. The van der Waals surface area contributed by atoms with Crippen molar-refractivity contribution in [3.63, 3.8) is 0 Å². The van der Waals surface area contributed by atoms with Crippen molar-refractivity contribution in [3.8, 4) is 5.75 Å². The molecule has 0 aliphatic rings. The number of primary amides is 1. The molecule has 0 unspecified atom stereocenters. The number of aromatic nitrogens is 1. The third kappa shape index (κ3) is 3.45. The maximum atomic E-state index is 11.3. The van der Waals surface area contributed by atoms with Crippen molar-refractivity contribution >= 4 is 11.6 Å². The van der Waals surface area contributed by atoms with Gasteiger partial charge in [0.15, 0.2) is 0 Å². The first-order valence-corrected chi connectivity index (χ1v) is 5.89. The summed E-state index contributed by atoms with van der Waals surface area (Å²) in [7, 11) is 0. The van der Waals surface area contributed by atoms with Crippen molar-refractivity contribution in [2.45, 2.75) is 6.42 Å². The van der Waals surface area contributed by atoms with E-state index in [1.807, 2.05) is 18.2 Å². The molecule has 98 valence electrons. The largest absolute Gasteiger partial charge is 0.492 e. The fourth-order valence-electron chi connectivity index (χ4n) is 1.67. The second-order valence-electron chi connectivity index (χ2n) is 4.04. The first-order valence-electron chi connectivity index (χ1n) is 5.89. The fraction of sp³-hybridized carbons (Fsp3) is 0.143. The molecule has 0 saturated carbocycles. The van der Waals surface area contributed by atoms with Crippen LogP contribution in [0, 0.1) is 0 Å². The summed E-state index contributed by atoms with van der Waals surface area (Å²) in [5, 5.41) is 0. The Labute approximate surface area is 111 Å². The van der Waals surface area contributed by atoms with Crippen LogP contribution in [0.1, 0.15) is 16.1 Å². The van der Waals surface area contributed by atoms with Crippen molar-refractivity contribution in [3.05, 3.63) is 53.9 Å². The molecule has 2 aromatic rings. The Kier molecular flexibility index (Phi) is 3.97. The van der Waals surface area contributed by atoms with Crippen LogP contribution >= 0.6 is 0 Å². The normalized spacial score (nSPS) is 10.1. The lowest BCUT2D eigenvalue weighted by Gasteiger charge is -2.10. The zero-order valence-electron chi connectivity index (χ0n) is 10.4. The maximum Gasteiger partial charge on any atom is 0.252 e. The predicted molar refractivity (Wildman–Crippen MR) is 72.8 cm³/mol. The van der Waals surface area contributed by atoms with Crippen molar-refractivity contribution in [1.29, 1.82) is 0 Å². The number of hydrogen-bond acceptors (Lipinski definition) is 4. The second kappa shape index (κ2) is 5.86. The standard InChI is InChI=1S/C14H15N3O2/c15-10-4-5-12(14(16)18)13(9-10)19-8-6-11-3-1-2-7-17-11/h1-5,7,9H,6,8,15H2,(H2,16,18). The van der Waals surface area contributed by atoms with Gasteiger partial charge >= 0.3 is 0 Å². The van der Waals surface area contributed by atoms with E-state index in [9.17, 15) is 4.79 Å². The molecule has 0 radical (unpaired) electrons. The van der Waals surface area contributed by atoms with E-state index in [2.05, 4.69) is 4.98 Å². The van der Waals surface area contributed by atoms with Crippen LogP contribution in [-0.4, -0.2) is 17.5 Å². The van der Waals surface area contributed by atoms with E-state index in [-0.39, 0.29) is 0 Å². The molecule has 1 aromatic heterocycles. The number of hydrogen-bond donors (Lipinski definition) is 2. The van der Waals surface area contributed by atoms with E-state index in [0.29, 0.717) is 30.0 Å². The van der Waals surface area contributed by atoms with Gasteiger partial charge in [0, 0.05) is 30.1 Å². The highest BCUT2D eigenvalue weighted by atomic mass is 16.5. The van der Waals surface area contributed by atoms with E-state index < -0.39 is 5.91 Å². The van der Waals surface area contributed by atoms with E-state index >= 15 is 0 Å². The average molecular weight is 257 g/mol. The monoisotopic (exact) mass is 257 g/mol. The van der Waals surface area contributed by atoms with E-state index in [4.69, 9.17) is 16.2 Å². The van der Waals surface area contributed by atoms with Crippen LogP contribution in [0.2, 0.25) is 0 Å². The number of rotatable bonds is 5. The van der Waals surface area contributed by atoms with Gasteiger partial charge in [-0.2, -0.15) is 0 Å². The average Bonchev–Trinajstić information content (AvgIpc) is 2.39. The molecule has 0 aliphatic heterocycles. The number of benzene rings is 1. The summed E-state index contributed by atoms with van der Waals surface area (Å²) in [4.78, 5) is 15.4. The van der Waals surface area contributed by atoms with Gasteiger partial charge in [0.2, 0.25) is 0 Å². The molecule has 0 aliphatic carbocycles. The van der Waals surface area contributed by atoms with Crippen molar-refractivity contribution in [2.75, 3.05) is 12.3 Å². The minimum Gasteiger partial charge on any atom is -0.492 e. The molecule has 0 atom stereocenters. The first kappa shape index (κ1) is 12.9. The Morgan fingerprint density at radius 3 is 2.79 bits per heavy atom. The molecule has 0 bridgehead atoms. The van der Waals surface area contributed by atoms with Crippen LogP contribution in [0.5, 0.6) is 5.75 Å². The highest BCUT2D eigenvalue weighted by Gasteiger charge is 2.09. The Hall–Kier alpha value is -2.56. The third-order valence-electron chi connectivity index (χ3n) is 2.61. The molecular formula is C14H15N3O2. The molecule has 0 fully saturated rings. The van der Waals surface area contributed by atoms with Gasteiger partial charge in [0.25, 0.3) is 5.91 Å². The molecule has 1 amide bonds.